The zero-order valence-corrected chi connectivity index (χ0v) is 12.2. The molecule has 0 aliphatic rings. The average molecular weight is 290 g/mol. The van der Waals surface area contributed by atoms with Gasteiger partial charge in [-0.3, -0.25) is 4.79 Å². The molecular weight excluding hydrogens is 272 g/mol. The van der Waals surface area contributed by atoms with Crippen LogP contribution in [0.3, 0.4) is 0 Å². The van der Waals surface area contributed by atoms with Crippen LogP contribution in [0.5, 0.6) is 0 Å². The fraction of sp³-hybridized carbons (Fsp3) is 0.636. The monoisotopic (exact) mass is 290 g/mol. The van der Waals surface area contributed by atoms with Crippen LogP contribution in [0.15, 0.2) is 10.6 Å². The second-order valence-corrected chi connectivity index (χ2v) is 6.47. The second-order valence-electron chi connectivity index (χ2n) is 4.39. The molecule has 0 aliphatic carbocycles. The van der Waals surface area contributed by atoms with Crippen molar-refractivity contribution >= 4 is 16.0 Å². The van der Waals surface area contributed by atoms with E-state index in [9.17, 15) is 13.2 Å². The molecule has 0 saturated carbocycles. The van der Waals surface area contributed by atoms with Gasteiger partial charge >= 0.3 is 5.97 Å². The average Bonchev–Trinajstić information content (AvgIpc) is 2.72. The largest absolute Gasteiger partial charge is 0.469 e. The van der Waals surface area contributed by atoms with Crippen LogP contribution in [0.1, 0.15) is 18.4 Å². The van der Waals surface area contributed by atoms with Crippen LogP contribution in [-0.4, -0.2) is 44.6 Å². The number of methoxy groups -OCH3 is 1. The summed E-state index contributed by atoms with van der Waals surface area (Å²) in [5, 5.41) is 3.64. The molecule has 0 spiro atoms. The van der Waals surface area contributed by atoms with Crippen molar-refractivity contribution < 1.29 is 22.5 Å². The normalized spacial score (nSPS) is 13.5. The Hall–Kier alpha value is -1.41. The summed E-state index contributed by atoms with van der Waals surface area (Å²) in [6.45, 7) is 3.36. The van der Waals surface area contributed by atoms with Gasteiger partial charge in [0.15, 0.2) is 0 Å². The molecule has 8 heteroatoms. The maximum atomic E-state index is 12.0. The van der Waals surface area contributed by atoms with Crippen molar-refractivity contribution in [3.8, 4) is 0 Å². The van der Waals surface area contributed by atoms with E-state index in [1.165, 1.54) is 14.2 Å². The molecule has 0 saturated heterocycles. The van der Waals surface area contributed by atoms with E-state index in [0.717, 1.165) is 4.31 Å². The van der Waals surface area contributed by atoms with Crippen molar-refractivity contribution in [1.29, 1.82) is 0 Å². The van der Waals surface area contributed by atoms with Gasteiger partial charge in [-0.2, -0.15) is 0 Å². The van der Waals surface area contributed by atoms with Crippen molar-refractivity contribution in [1.82, 2.24) is 9.46 Å². The summed E-state index contributed by atoms with van der Waals surface area (Å²) >= 11 is 0. The third-order valence-electron chi connectivity index (χ3n) is 2.62. The van der Waals surface area contributed by atoms with Gasteiger partial charge in [0.25, 0.3) is 0 Å². The third kappa shape index (κ3) is 4.32. The van der Waals surface area contributed by atoms with Gasteiger partial charge in [0, 0.05) is 19.7 Å². The number of sulfonamides is 1. The summed E-state index contributed by atoms with van der Waals surface area (Å²) in [6, 6.07) is 1.56. The molecule has 1 atom stereocenters. The first kappa shape index (κ1) is 15.6. The predicted molar refractivity (Wildman–Crippen MR) is 67.7 cm³/mol. The van der Waals surface area contributed by atoms with E-state index < -0.39 is 21.9 Å². The van der Waals surface area contributed by atoms with E-state index in [1.54, 1.807) is 19.9 Å². The van der Waals surface area contributed by atoms with Gasteiger partial charge in [0.2, 0.25) is 10.0 Å². The zero-order valence-electron chi connectivity index (χ0n) is 11.4. The Morgan fingerprint density at radius 3 is 2.68 bits per heavy atom. The second kappa shape index (κ2) is 6.16. The molecule has 108 valence electrons. The molecule has 1 aromatic rings. The first-order valence-electron chi connectivity index (χ1n) is 5.70. The van der Waals surface area contributed by atoms with Crippen molar-refractivity contribution in [3.05, 3.63) is 17.5 Å². The van der Waals surface area contributed by atoms with E-state index in [2.05, 4.69) is 9.89 Å². The minimum absolute atomic E-state index is 0.0613. The Labute approximate surface area is 112 Å². The van der Waals surface area contributed by atoms with Crippen LogP contribution < -0.4 is 0 Å². The van der Waals surface area contributed by atoms with E-state index in [1.807, 2.05) is 0 Å². The molecule has 19 heavy (non-hydrogen) atoms. The smallest absolute Gasteiger partial charge is 0.309 e. The standard InChI is InChI=1S/C11H18N2O5S/c1-8(11(14)17-4)6-13(3)19(15,16)7-10-5-9(2)18-12-10/h5,8H,6-7H2,1-4H3. The lowest BCUT2D eigenvalue weighted by Gasteiger charge is -2.19. The molecule has 1 heterocycles. The number of hydrogen-bond donors (Lipinski definition) is 0. The molecule has 0 N–H and O–H groups in total. The van der Waals surface area contributed by atoms with Crippen molar-refractivity contribution in [3.63, 3.8) is 0 Å². The fourth-order valence-corrected chi connectivity index (χ4v) is 2.74. The highest BCUT2D eigenvalue weighted by molar-refractivity contribution is 7.88. The summed E-state index contributed by atoms with van der Waals surface area (Å²) in [7, 11) is -0.846. The molecule has 1 unspecified atom stereocenters. The lowest BCUT2D eigenvalue weighted by molar-refractivity contribution is -0.144. The molecule has 7 nitrogen and oxygen atoms in total. The zero-order chi connectivity index (χ0) is 14.6. The van der Waals surface area contributed by atoms with Crippen LogP contribution in [0.25, 0.3) is 0 Å². The van der Waals surface area contributed by atoms with E-state index in [0.29, 0.717) is 11.5 Å². The van der Waals surface area contributed by atoms with Crippen LogP contribution in [-0.2, 0) is 25.3 Å². The Balaban J connectivity index is 2.69. The van der Waals surface area contributed by atoms with Gasteiger partial charge in [-0.05, 0) is 6.92 Å². The Morgan fingerprint density at radius 1 is 1.58 bits per heavy atom. The first-order valence-corrected chi connectivity index (χ1v) is 7.31. The summed E-state index contributed by atoms with van der Waals surface area (Å²) in [5.41, 5.74) is 0.343. The molecule has 0 radical (unpaired) electrons. The van der Waals surface area contributed by atoms with Gasteiger partial charge in [-0.1, -0.05) is 12.1 Å². The molecule has 0 bridgehead atoms. The number of carbonyl (C=O) groups is 1. The number of carbonyl (C=O) groups excluding carboxylic acids is 1. The van der Waals surface area contributed by atoms with Crippen molar-refractivity contribution in [2.45, 2.75) is 19.6 Å². The minimum atomic E-state index is -3.53. The summed E-state index contributed by atoms with van der Waals surface area (Å²) in [6.07, 6.45) is 0. The summed E-state index contributed by atoms with van der Waals surface area (Å²) in [4.78, 5) is 11.3. The van der Waals surface area contributed by atoms with Crippen molar-refractivity contribution in [2.75, 3.05) is 20.7 Å². The van der Waals surface area contributed by atoms with E-state index in [-0.39, 0.29) is 12.3 Å². The van der Waals surface area contributed by atoms with Crippen LogP contribution in [0.2, 0.25) is 0 Å². The van der Waals surface area contributed by atoms with Gasteiger partial charge in [-0.25, -0.2) is 12.7 Å². The van der Waals surface area contributed by atoms with Crippen LogP contribution >= 0.6 is 0 Å². The maximum absolute atomic E-state index is 12.0. The number of hydrogen-bond acceptors (Lipinski definition) is 6. The summed E-state index contributed by atoms with van der Waals surface area (Å²) < 4.78 is 34.6. The Bertz CT molecular complexity index is 537. The van der Waals surface area contributed by atoms with E-state index in [4.69, 9.17) is 4.52 Å². The minimum Gasteiger partial charge on any atom is -0.469 e. The number of nitrogens with zero attached hydrogens (tertiary/aromatic N) is 2. The number of esters is 1. The number of rotatable bonds is 6. The summed E-state index contributed by atoms with van der Waals surface area (Å²) in [5.74, 6) is -0.673. The molecule has 0 fully saturated rings. The Kier molecular flexibility index (Phi) is 5.07. The highest BCUT2D eigenvalue weighted by Crippen LogP contribution is 2.12. The molecular formula is C11H18N2O5S. The van der Waals surface area contributed by atoms with Gasteiger partial charge < -0.3 is 9.26 Å². The SMILES string of the molecule is COC(=O)C(C)CN(C)S(=O)(=O)Cc1cc(C)on1. The number of aryl methyl sites for hydroxylation is 1. The van der Waals surface area contributed by atoms with E-state index >= 15 is 0 Å². The molecule has 0 aromatic carbocycles. The van der Waals surface area contributed by atoms with Gasteiger partial charge in [-0.15, -0.1) is 0 Å². The third-order valence-corrected chi connectivity index (χ3v) is 4.38. The predicted octanol–water partition coefficient (Wildman–Crippen LogP) is 0.554. The highest BCUT2D eigenvalue weighted by atomic mass is 32.2. The molecule has 1 aromatic heterocycles. The molecule has 0 amide bonds. The van der Waals surface area contributed by atoms with Crippen molar-refractivity contribution in [2.24, 2.45) is 5.92 Å². The molecule has 1 rings (SSSR count). The maximum Gasteiger partial charge on any atom is 0.309 e. The topological polar surface area (TPSA) is 89.7 Å². The van der Waals surface area contributed by atoms with Crippen LogP contribution in [0.4, 0.5) is 0 Å². The number of ether oxygens (including phenoxy) is 1. The molecule has 0 aliphatic heterocycles. The quantitative estimate of drug-likeness (QED) is 0.711. The lowest BCUT2D eigenvalue weighted by Crippen LogP contribution is -2.35. The highest BCUT2D eigenvalue weighted by Gasteiger charge is 2.25. The first-order chi connectivity index (χ1) is 8.76. The van der Waals surface area contributed by atoms with Crippen LogP contribution in [0, 0.1) is 12.8 Å². The Morgan fingerprint density at radius 2 is 2.21 bits per heavy atom. The van der Waals surface area contributed by atoms with Gasteiger partial charge in [0.1, 0.15) is 17.2 Å². The number of aromatic nitrogens is 1. The van der Waals surface area contributed by atoms with Gasteiger partial charge in [0.05, 0.1) is 13.0 Å². The lowest BCUT2D eigenvalue weighted by atomic mass is 10.2. The fourth-order valence-electron chi connectivity index (χ4n) is 1.56.